The largest absolute Gasteiger partial charge is 0.481 e. The van der Waals surface area contributed by atoms with Gasteiger partial charge in [-0.2, -0.15) is 0 Å². The van der Waals surface area contributed by atoms with Crippen LogP contribution in [0.3, 0.4) is 0 Å². The predicted octanol–water partition coefficient (Wildman–Crippen LogP) is 1.99. The van der Waals surface area contributed by atoms with Gasteiger partial charge in [-0.15, -0.1) is 0 Å². The van der Waals surface area contributed by atoms with E-state index in [4.69, 9.17) is 5.11 Å². The van der Waals surface area contributed by atoms with E-state index in [9.17, 15) is 9.59 Å². The average molecular weight is 248 g/mol. The summed E-state index contributed by atoms with van der Waals surface area (Å²) in [5.74, 6) is -0.863. The summed E-state index contributed by atoms with van der Waals surface area (Å²) in [5, 5.41) is 14.2. The fraction of sp³-hybridized carbons (Fsp3) is 0.385. The number of nitrogens with one attached hydrogen (secondary N) is 2. The topological polar surface area (TPSA) is 78.4 Å². The zero-order valence-electron chi connectivity index (χ0n) is 9.98. The van der Waals surface area contributed by atoms with E-state index in [2.05, 4.69) is 10.6 Å². The molecule has 18 heavy (non-hydrogen) atoms. The Balaban J connectivity index is 1.85. The van der Waals surface area contributed by atoms with Gasteiger partial charge in [0.2, 0.25) is 0 Å². The minimum atomic E-state index is -0.863. The predicted molar refractivity (Wildman–Crippen MR) is 67.6 cm³/mol. The van der Waals surface area contributed by atoms with Crippen molar-refractivity contribution in [2.45, 2.75) is 31.7 Å². The molecular formula is C13H16N2O3. The van der Waals surface area contributed by atoms with Crippen LogP contribution in [0.5, 0.6) is 0 Å². The van der Waals surface area contributed by atoms with E-state index in [1.807, 2.05) is 0 Å². The van der Waals surface area contributed by atoms with E-state index in [0.717, 1.165) is 12.8 Å². The van der Waals surface area contributed by atoms with Crippen molar-refractivity contribution in [1.29, 1.82) is 0 Å². The van der Waals surface area contributed by atoms with Crippen LogP contribution in [0, 0.1) is 0 Å². The van der Waals surface area contributed by atoms with Crippen LogP contribution in [-0.4, -0.2) is 23.1 Å². The Labute approximate surface area is 105 Å². The maximum absolute atomic E-state index is 11.6. The van der Waals surface area contributed by atoms with Gasteiger partial charge in [0.1, 0.15) is 0 Å². The van der Waals surface area contributed by atoms with Crippen LogP contribution in [0.25, 0.3) is 0 Å². The molecule has 1 fully saturated rings. The molecule has 1 aromatic carbocycles. The second-order valence-corrected chi connectivity index (χ2v) is 4.49. The number of hydrogen-bond acceptors (Lipinski definition) is 2. The standard InChI is InChI=1S/C13H16N2O3/c16-12(17)8-9-4-6-11(7-5-9)15-13(18)14-10-2-1-3-10/h4-7,10H,1-3,8H2,(H,16,17)(H2,14,15,18). The molecule has 0 spiro atoms. The molecular weight excluding hydrogens is 232 g/mol. The molecule has 5 nitrogen and oxygen atoms in total. The third kappa shape index (κ3) is 3.48. The second-order valence-electron chi connectivity index (χ2n) is 4.49. The number of carboxylic acid groups (broad SMARTS) is 1. The normalized spacial score (nSPS) is 14.7. The lowest BCUT2D eigenvalue weighted by molar-refractivity contribution is -0.136. The van der Waals surface area contributed by atoms with Crippen molar-refractivity contribution in [3.05, 3.63) is 29.8 Å². The van der Waals surface area contributed by atoms with Gasteiger partial charge in [-0.05, 0) is 37.0 Å². The first-order chi connectivity index (χ1) is 8.63. The quantitative estimate of drug-likeness (QED) is 0.762. The number of urea groups is 1. The second kappa shape index (κ2) is 5.53. The van der Waals surface area contributed by atoms with Gasteiger partial charge in [0, 0.05) is 11.7 Å². The number of rotatable bonds is 4. The molecule has 5 heteroatoms. The monoisotopic (exact) mass is 248 g/mol. The highest BCUT2D eigenvalue weighted by Gasteiger charge is 2.19. The van der Waals surface area contributed by atoms with Crippen molar-refractivity contribution in [3.8, 4) is 0 Å². The molecule has 0 unspecified atom stereocenters. The molecule has 0 radical (unpaired) electrons. The molecule has 0 aliphatic heterocycles. The van der Waals surface area contributed by atoms with Crippen molar-refractivity contribution >= 4 is 17.7 Å². The Morgan fingerprint density at radius 2 is 1.89 bits per heavy atom. The number of benzene rings is 1. The van der Waals surface area contributed by atoms with Crippen LogP contribution in [0.4, 0.5) is 10.5 Å². The molecule has 0 atom stereocenters. The summed E-state index contributed by atoms with van der Waals surface area (Å²) in [5.41, 5.74) is 1.38. The van der Waals surface area contributed by atoms with Crippen LogP contribution < -0.4 is 10.6 Å². The minimum absolute atomic E-state index is 0.00541. The summed E-state index contributed by atoms with van der Waals surface area (Å²) < 4.78 is 0. The third-order valence-electron chi connectivity index (χ3n) is 3.01. The van der Waals surface area contributed by atoms with Crippen molar-refractivity contribution in [2.24, 2.45) is 0 Å². The fourth-order valence-corrected chi connectivity index (χ4v) is 1.79. The summed E-state index contributed by atoms with van der Waals surface area (Å²) in [7, 11) is 0. The van der Waals surface area contributed by atoms with Gasteiger partial charge in [-0.25, -0.2) is 4.79 Å². The summed E-state index contributed by atoms with van der Waals surface area (Å²) in [6.45, 7) is 0. The molecule has 2 rings (SSSR count). The fourth-order valence-electron chi connectivity index (χ4n) is 1.79. The van der Waals surface area contributed by atoms with Gasteiger partial charge in [0.05, 0.1) is 6.42 Å². The first-order valence-electron chi connectivity index (χ1n) is 6.02. The van der Waals surface area contributed by atoms with Gasteiger partial charge in [0.25, 0.3) is 0 Å². The number of carbonyl (C=O) groups excluding carboxylic acids is 1. The molecule has 2 amide bonds. The number of aliphatic carboxylic acids is 1. The summed E-state index contributed by atoms with van der Waals surface area (Å²) in [6.07, 6.45) is 3.26. The number of amides is 2. The third-order valence-corrected chi connectivity index (χ3v) is 3.01. The van der Waals surface area contributed by atoms with E-state index in [1.165, 1.54) is 6.42 Å². The molecule has 1 aliphatic carbocycles. The number of anilines is 1. The van der Waals surface area contributed by atoms with Gasteiger partial charge in [-0.1, -0.05) is 12.1 Å². The van der Waals surface area contributed by atoms with Crippen molar-refractivity contribution in [3.63, 3.8) is 0 Å². The Morgan fingerprint density at radius 1 is 1.22 bits per heavy atom. The first-order valence-corrected chi connectivity index (χ1v) is 6.02. The van der Waals surface area contributed by atoms with E-state index >= 15 is 0 Å². The highest BCUT2D eigenvalue weighted by atomic mass is 16.4. The summed E-state index contributed by atoms with van der Waals surface area (Å²) in [4.78, 5) is 22.1. The smallest absolute Gasteiger partial charge is 0.319 e. The van der Waals surface area contributed by atoms with Crippen LogP contribution in [0.1, 0.15) is 24.8 Å². The molecule has 0 heterocycles. The van der Waals surface area contributed by atoms with E-state index in [0.29, 0.717) is 17.3 Å². The Morgan fingerprint density at radius 3 is 2.39 bits per heavy atom. The first kappa shape index (κ1) is 12.4. The zero-order valence-corrected chi connectivity index (χ0v) is 9.98. The van der Waals surface area contributed by atoms with Crippen LogP contribution in [0.2, 0.25) is 0 Å². The molecule has 1 saturated carbocycles. The van der Waals surface area contributed by atoms with Crippen LogP contribution in [-0.2, 0) is 11.2 Å². The van der Waals surface area contributed by atoms with Crippen molar-refractivity contribution in [1.82, 2.24) is 5.32 Å². The summed E-state index contributed by atoms with van der Waals surface area (Å²) in [6, 6.07) is 6.92. The molecule has 1 aromatic rings. The Kier molecular flexibility index (Phi) is 3.82. The van der Waals surface area contributed by atoms with E-state index < -0.39 is 5.97 Å². The molecule has 1 aliphatic rings. The maximum atomic E-state index is 11.6. The van der Waals surface area contributed by atoms with E-state index in [1.54, 1.807) is 24.3 Å². The zero-order chi connectivity index (χ0) is 13.0. The molecule has 0 aromatic heterocycles. The van der Waals surface area contributed by atoms with Gasteiger partial charge >= 0.3 is 12.0 Å². The average Bonchev–Trinajstić information content (AvgIpc) is 2.26. The van der Waals surface area contributed by atoms with E-state index in [-0.39, 0.29) is 12.5 Å². The maximum Gasteiger partial charge on any atom is 0.319 e. The van der Waals surface area contributed by atoms with Crippen LogP contribution >= 0.6 is 0 Å². The van der Waals surface area contributed by atoms with Crippen molar-refractivity contribution in [2.75, 3.05) is 5.32 Å². The highest BCUT2D eigenvalue weighted by molar-refractivity contribution is 5.89. The molecule has 96 valence electrons. The molecule has 0 saturated heterocycles. The van der Waals surface area contributed by atoms with Gasteiger partial charge < -0.3 is 15.7 Å². The molecule has 3 N–H and O–H groups in total. The summed E-state index contributed by atoms with van der Waals surface area (Å²) >= 11 is 0. The lowest BCUT2D eigenvalue weighted by Crippen LogP contribution is -2.41. The van der Waals surface area contributed by atoms with Gasteiger partial charge in [0.15, 0.2) is 0 Å². The highest BCUT2D eigenvalue weighted by Crippen LogP contribution is 2.18. The number of hydrogen-bond donors (Lipinski definition) is 3. The van der Waals surface area contributed by atoms with Crippen LogP contribution in [0.15, 0.2) is 24.3 Å². The molecule has 0 bridgehead atoms. The lowest BCUT2D eigenvalue weighted by Gasteiger charge is -2.26. The van der Waals surface area contributed by atoms with Gasteiger partial charge in [-0.3, -0.25) is 4.79 Å². The lowest BCUT2D eigenvalue weighted by atomic mass is 9.93. The Hall–Kier alpha value is -2.04. The Bertz CT molecular complexity index is 438. The number of carbonyl (C=O) groups is 2. The SMILES string of the molecule is O=C(O)Cc1ccc(NC(=O)NC2CCC2)cc1. The number of carboxylic acids is 1. The van der Waals surface area contributed by atoms with Crippen molar-refractivity contribution < 1.29 is 14.7 Å². The minimum Gasteiger partial charge on any atom is -0.481 e.